The molecule has 4 rings (SSSR count). The molecule has 1 unspecified atom stereocenters. The number of benzene rings is 3. The van der Waals surface area contributed by atoms with Crippen LogP contribution in [0.3, 0.4) is 0 Å². The van der Waals surface area contributed by atoms with Crippen molar-refractivity contribution in [3.8, 4) is 11.8 Å². The minimum atomic E-state index is -1.18. The van der Waals surface area contributed by atoms with Crippen LogP contribution in [0.2, 0.25) is 0 Å². The van der Waals surface area contributed by atoms with Gasteiger partial charge in [-0.25, -0.2) is 13.5 Å². The summed E-state index contributed by atoms with van der Waals surface area (Å²) in [7, 11) is 3.05. The minimum absolute atomic E-state index is 0.0539. The molecule has 1 N–H and O–H groups in total. The molecule has 1 aromatic heterocycles. The number of anilines is 1. The van der Waals surface area contributed by atoms with E-state index in [1.54, 1.807) is 42.5 Å². The van der Waals surface area contributed by atoms with Gasteiger partial charge in [-0.2, -0.15) is 5.26 Å². The molecule has 2 amide bonds. The Morgan fingerprint density at radius 2 is 1.79 bits per heavy atom. The molecule has 0 radical (unpaired) electrons. The van der Waals surface area contributed by atoms with Crippen LogP contribution in [0.15, 0.2) is 72.9 Å². The van der Waals surface area contributed by atoms with E-state index in [2.05, 4.69) is 21.7 Å². The van der Waals surface area contributed by atoms with Crippen LogP contribution in [0.5, 0.6) is 5.75 Å². The predicted octanol–water partition coefficient (Wildman–Crippen LogP) is 3.49. The van der Waals surface area contributed by atoms with E-state index in [0.717, 1.165) is 23.8 Å². The van der Waals surface area contributed by atoms with E-state index in [1.165, 1.54) is 29.9 Å². The van der Waals surface area contributed by atoms with Gasteiger partial charge in [0.05, 0.1) is 31.5 Å². The molecule has 0 fully saturated rings. The summed E-state index contributed by atoms with van der Waals surface area (Å²) < 4.78 is 34.3. The lowest BCUT2D eigenvalue weighted by Crippen LogP contribution is -2.49. The standard InChI is InChI=1S/C28H24F2N6O3/c1-35(23-6-8-24(39-2)9-7-23)28(38)25(13-20-11-21(29)14-22(30)12-20)32-27(37)26-17-36(34-33-26)16-19-5-3-4-18(10-19)15-31/h3-12,14,17,25H,13,16H2,1-2H3,(H,32,37). The zero-order valence-electron chi connectivity index (χ0n) is 21.1. The van der Waals surface area contributed by atoms with E-state index in [1.807, 2.05) is 6.07 Å². The number of halogens is 2. The molecule has 0 saturated carbocycles. The van der Waals surface area contributed by atoms with Crippen LogP contribution in [0, 0.1) is 23.0 Å². The number of nitrogens with one attached hydrogen (secondary N) is 1. The first kappa shape index (κ1) is 26.9. The van der Waals surface area contributed by atoms with Gasteiger partial charge in [0.2, 0.25) is 5.91 Å². The smallest absolute Gasteiger partial charge is 0.274 e. The molecule has 9 nitrogen and oxygen atoms in total. The van der Waals surface area contributed by atoms with Crippen LogP contribution >= 0.6 is 0 Å². The molecule has 0 aliphatic heterocycles. The summed E-state index contributed by atoms with van der Waals surface area (Å²) in [5.41, 5.74) is 1.93. The zero-order valence-corrected chi connectivity index (χ0v) is 21.1. The van der Waals surface area contributed by atoms with E-state index < -0.39 is 29.5 Å². The SMILES string of the molecule is COc1ccc(N(C)C(=O)C(Cc2cc(F)cc(F)c2)NC(=O)c2cn(Cc3cccc(C#N)c3)nn2)cc1. The van der Waals surface area contributed by atoms with E-state index >= 15 is 0 Å². The average molecular weight is 531 g/mol. The van der Waals surface area contributed by atoms with Crippen LogP contribution in [0.4, 0.5) is 14.5 Å². The highest BCUT2D eigenvalue weighted by Gasteiger charge is 2.27. The zero-order chi connectivity index (χ0) is 27.9. The summed E-state index contributed by atoms with van der Waals surface area (Å²) in [4.78, 5) is 27.9. The molecule has 198 valence electrons. The number of rotatable bonds is 9. The third-order valence-electron chi connectivity index (χ3n) is 5.93. The number of methoxy groups -OCH3 is 1. The lowest BCUT2D eigenvalue weighted by molar-refractivity contribution is -0.120. The maximum Gasteiger partial charge on any atom is 0.274 e. The fraction of sp³-hybridized carbons (Fsp3) is 0.179. The Morgan fingerprint density at radius 3 is 2.46 bits per heavy atom. The molecule has 0 aliphatic carbocycles. The second kappa shape index (κ2) is 12.0. The van der Waals surface area contributed by atoms with Crippen LogP contribution in [-0.2, 0) is 17.8 Å². The maximum absolute atomic E-state index is 13.9. The van der Waals surface area contributed by atoms with Crippen LogP contribution in [-0.4, -0.2) is 47.0 Å². The van der Waals surface area contributed by atoms with Crippen molar-refractivity contribution < 1.29 is 23.1 Å². The highest BCUT2D eigenvalue weighted by Crippen LogP contribution is 2.20. The Kier molecular flexibility index (Phi) is 8.26. The van der Waals surface area contributed by atoms with Crippen molar-refractivity contribution in [2.45, 2.75) is 19.0 Å². The van der Waals surface area contributed by atoms with Gasteiger partial charge in [-0.1, -0.05) is 17.3 Å². The van der Waals surface area contributed by atoms with Crippen LogP contribution in [0.1, 0.15) is 27.2 Å². The van der Waals surface area contributed by atoms with Gasteiger partial charge < -0.3 is 15.0 Å². The van der Waals surface area contributed by atoms with Crippen molar-refractivity contribution in [1.82, 2.24) is 20.3 Å². The fourth-order valence-corrected chi connectivity index (χ4v) is 3.97. The number of ether oxygens (including phenoxy) is 1. The molecule has 11 heteroatoms. The normalized spacial score (nSPS) is 11.4. The lowest BCUT2D eigenvalue weighted by atomic mass is 10.0. The van der Waals surface area contributed by atoms with Crippen molar-refractivity contribution >= 4 is 17.5 Å². The van der Waals surface area contributed by atoms with Gasteiger partial charge in [-0.15, -0.1) is 5.10 Å². The van der Waals surface area contributed by atoms with Gasteiger partial charge in [0.15, 0.2) is 5.69 Å². The highest BCUT2D eigenvalue weighted by molar-refractivity contribution is 6.01. The van der Waals surface area contributed by atoms with Crippen LogP contribution in [0.25, 0.3) is 0 Å². The second-order valence-corrected chi connectivity index (χ2v) is 8.72. The van der Waals surface area contributed by atoms with E-state index in [4.69, 9.17) is 10.00 Å². The lowest BCUT2D eigenvalue weighted by Gasteiger charge is -2.25. The van der Waals surface area contributed by atoms with Crippen molar-refractivity contribution in [3.05, 3.63) is 107 Å². The molecule has 39 heavy (non-hydrogen) atoms. The number of nitriles is 1. The molecule has 0 spiro atoms. The Balaban J connectivity index is 1.55. The number of aromatic nitrogens is 3. The minimum Gasteiger partial charge on any atom is -0.497 e. The molecule has 1 heterocycles. The van der Waals surface area contributed by atoms with Gasteiger partial charge in [0.1, 0.15) is 23.4 Å². The third-order valence-corrected chi connectivity index (χ3v) is 5.93. The Hall–Kier alpha value is -5.11. The van der Waals surface area contributed by atoms with E-state index in [9.17, 15) is 18.4 Å². The summed E-state index contributed by atoms with van der Waals surface area (Å²) in [6.45, 7) is 0.265. The monoisotopic (exact) mass is 530 g/mol. The Morgan fingerprint density at radius 1 is 1.08 bits per heavy atom. The fourth-order valence-electron chi connectivity index (χ4n) is 3.97. The summed E-state index contributed by atoms with van der Waals surface area (Å²) in [6.07, 6.45) is 1.24. The quantitative estimate of drug-likeness (QED) is 0.355. The predicted molar refractivity (Wildman–Crippen MR) is 138 cm³/mol. The molecule has 1 atom stereocenters. The van der Waals surface area contributed by atoms with Crippen LogP contribution < -0.4 is 15.0 Å². The molecular weight excluding hydrogens is 506 g/mol. The number of hydrogen-bond acceptors (Lipinski definition) is 6. The largest absolute Gasteiger partial charge is 0.497 e. The topological polar surface area (TPSA) is 113 Å². The number of nitrogens with zero attached hydrogens (tertiary/aromatic N) is 5. The van der Waals surface area contributed by atoms with Crippen molar-refractivity contribution in [3.63, 3.8) is 0 Å². The second-order valence-electron chi connectivity index (χ2n) is 8.72. The van der Waals surface area contributed by atoms with Gasteiger partial charge in [-0.3, -0.25) is 9.59 Å². The van der Waals surface area contributed by atoms with Gasteiger partial charge >= 0.3 is 0 Å². The first-order valence-corrected chi connectivity index (χ1v) is 11.8. The molecule has 4 aromatic rings. The highest BCUT2D eigenvalue weighted by atomic mass is 19.1. The first-order chi connectivity index (χ1) is 18.7. The van der Waals surface area contributed by atoms with E-state index in [-0.39, 0.29) is 24.2 Å². The summed E-state index contributed by atoms with van der Waals surface area (Å²) in [6, 6.07) is 17.4. The molecular formula is C28H24F2N6O3. The van der Waals surface area contributed by atoms with Gasteiger partial charge in [0.25, 0.3) is 5.91 Å². The van der Waals surface area contributed by atoms with Crippen molar-refractivity contribution in [2.24, 2.45) is 0 Å². The molecule has 3 aromatic carbocycles. The number of carbonyl (C=O) groups excluding carboxylic acids is 2. The molecule has 0 saturated heterocycles. The first-order valence-electron chi connectivity index (χ1n) is 11.8. The van der Waals surface area contributed by atoms with Gasteiger partial charge in [0, 0.05) is 25.2 Å². The molecule has 0 aliphatic rings. The number of carbonyl (C=O) groups is 2. The van der Waals surface area contributed by atoms with E-state index in [0.29, 0.717) is 17.0 Å². The van der Waals surface area contributed by atoms with Crippen molar-refractivity contribution in [2.75, 3.05) is 19.1 Å². The maximum atomic E-state index is 13.9. The Labute approximate surface area is 223 Å². The number of amides is 2. The molecule has 0 bridgehead atoms. The summed E-state index contributed by atoms with van der Waals surface area (Å²) in [5.74, 6) is -2.20. The van der Waals surface area contributed by atoms with Crippen molar-refractivity contribution in [1.29, 1.82) is 5.26 Å². The number of hydrogen-bond donors (Lipinski definition) is 1. The summed E-state index contributed by atoms with van der Waals surface area (Å²) in [5, 5.41) is 19.6. The third kappa shape index (κ3) is 6.81. The Bertz CT molecular complexity index is 1510. The number of likely N-dealkylation sites (N-methyl/N-ethyl adjacent to an activating group) is 1. The average Bonchev–Trinajstić information content (AvgIpc) is 3.40. The van der Waals surface area contributed by atoms with Gasteiger partial charge in [-0.05, 0) is 59.7 Å². The summed E-state index contributed by atoms with van der Waals surface area (Å²) >= 11 is 0.